The number of nitrogens with zero attached hydrogens (tertiary/aromatic N) is 4. The van der Waals surface area contributed by atoms with Crippen molar-refractivity contribution in [2.45, 2.75) is 39.2 Å². The second kappa shape index (κ2) is 3.87. The molecule has 0 unspecified atom stereocenters. The third-order valence-electron chi connectivity index (χ3n) is 4.85. The number of aromatic nitrogens is 3. The maximum atomic E-state index is 6.24. The Hall–Kier alpha value is -1.78. The lowest BCUT2D eigenvalue weighted by Crippen LogP contribution is -2.21. The van der Waals surface area contributed by atoms with Gasteiger partial charge in [0.1, 0.15) is 5.52 Å². The van der Waals surface area contributed by atoms with Crippen LogP contribution in [0.3, 0.4) is 0 Å². The zero-order chi connectivity index (χ0) is 13.9. The summed E-state index contributed by atoms with van der Waals surface area (Å²) in [6.07, 6.45) is 4.04. The average Bonchev–Trinajstić information content (AvgIpc) is 2.85. The van der Waals surface area contributed by atoms with E-state index in [0.29, 0.717) is 11.5 Å². The van der Waals surface area contributed by atoms with Crippen LogP contribution in [0.5, 0.6) is 0 Å². The summed E-state index contributed by atoms with van der Waals surface area (Å²) in [4.78, 5) is 2.42. The highest BCUT2D eigenvalue weighted by molar-refractivity contribution is 5.95. The third-order valence-corrected chi connectivity index (χ3v) is 4.85. The average molecular weight is 271 g/mol. The summed E-state index contributed by atoms with van der Waals surface area (Å²) >= 11 is 0. The number of hydrogen-bond donors (Lipinski definition) is 1. The molecule has 1 aliphatic heterocycles. The minimum absolute atomic E-state index is 0.310. The first-order valence-electron chi connectivity index (χ1n) is 7.48. The van der Waals surface area contributed by atoms with Crippen molar-refractivity contribution in [3.05, 3.63) is 12.1 Å². The first-order valence-corrected chi connectivity index (χ1v) is 7.48. The number of anilines is 2. The van der Waals surface area contributed by atoms with Gasteiger partial charge in [0, 0.05) is 19.1 Å². The lowest BCUT2D eigenvalue weighted by Gasteiger charge is -2.21. The van der Waals surface area contributed by atoms with Gasteiger partial charge in [-0.15, -0.1) is 5.10 Å². The van der Waals surface area contributed by atoms with E-state index >= 15 is 0 Å². The standard InChI is InChI=1S/C15H21N5/c1-10(2)20-12-4-3-11(16)14(13(12)17-18-20)19-8-7-15(9-19)5-6-15/h3-4,10H,5-9,16H2,1-2H3. The number of nitrogens with two attached hydrogens (primary N) is 1. The molecule has 1 aromatic carbocycles. The Morgan fingerprint density at radius 3 is 2.70 bits per heavy atom. The Labute approximate surface area is 118 Å². The van der Waals surface area contributed by atoms with E-state index in [2.05, 4.69) is 29.1 Å². The molecule has 1 aliphatic carbocycles. The number of benzene rings is 1. The van der Waals surface area contributed by atoms with E-state index in [1.807, 2.05) is 16.8 Å². The topological polar surface area (TPSA) is 60.0 Å². The number of rotatable bonds is 2. The van der Waals surface area contributed by atoms with Gasteiger partial charge in [0.2, 0.25) is 0 Å². The van der Waals surface area contributed by atoms with Crippen LogP contribution in [0.1, 0.15) is 39.2 Å². The van der Waals surface area contributed by atoms with Crippen molar-refractivity contribution in [3.63, 3.8) is 0 Å². The second-order valence-corrected chi connectivity index (χ2v) is 6.67. The van der Waals surface area contributed by atoms with Gasteiger partial charge in [0.05, 0.1) is 16.9 Å². The van der Waals surface area contributed by atoms with Gasteiger partial charge in [-0.3, -0.25) is 0 Å². The van der Waals surface area contributed by atoms with Gasteiger partial charge >= 0.3 is 0 Å². The fraction of sp³-hybridized carbons (Fsp3) is 0.600. The van der Waals surface area contributed by atoms with Crippen molar-refractivity contribution in [2.24, 2.45) is 5.41 Å². The van der Waals surface area contributed by atoms with Crippen molar-refractivity contribution in [1.29, 1.82) is 0 Å². The highest BCUT2D eigenvalue weighted by Gasteiger charge is 2.48. The Balaban J connectivity index is 1.83. The molecule has 106 valence electrons. The van der Waals surface area contributed by atoms with Crippen LogP contribution in [0.2, 0.25) is 0 Å². The van der Waals surface area contributed by atoms with Crippen molar-refractivity contribution < 1.29 is 0 Å². The zero-order valence-corrected chi connectivity index (χ0v) is 12.1. The Morgan fingerprint density at radius 2 is 2.05 bits per heavy atom. The van der Waals surface area contributed by atoms with Gasteiger partial charge in [0.15, 0.2) is 0 Å². The molecular formula is C15H21N5. The molecule has 1 saturated heterocycles. The largest absolute Gasteiger partial charge is 0.397 e. The molecule has 1 saturated carbocycles. The van der Waals surface area contributed by atoms with Gasteiger partial charge in [0.25, 0.3) is 0 Å². The molecule has 2 aliphatic rings. The maximum Gasteiger partial charge on any atom is 0.138 e. The monoisotopic (exact) mass is 271 g/mol. The first-order chi connectivity index (χ1) is 9.60. The van der Waals surface area contributed by atoms with E-state index < -0.39 is 0 Å². The third kappa shape index (κ3) is 1.62. The fourth-order valence-electron chi connectivity index (χ4n) is 3.43. The molecule has 0 radical (unpaired) electrons. The molecule has 2 heterocycles. The molecule has 4 rings (SSSR count). The predicted molar refractivity (Wildman–Crippen MR) is 80.8 cm³/mol. The van der Waals surface area contributed by atoms with Crippen molar-refractivity contribution in [3.8, 4) is 0 Å². The normalized spacial score (nSPS) is 20.4. The second-order valence-electron chi connectivity index (χ2n) is 6.67. The molecule has 2 aromatic rings. The van der Waals surface area contributed by atoms with Gasteiger partial charge in [-0.05, 0) is 50.7 Å². The number of fused-ring (bicyclic) bond motifs is 1. The van der Waals surface area contributed by atoms with E-state index in [4.69, 9.17) is 5.73 Å². The number of nitrogen functional groups attached to an aromatic ring is 1. The van der Waals surface area contributed by atoms with E-state index in [0.717, 1.165) is 35.5 Å². The molecule has 0 atom stereocenters. The van der Waals surface area contributed by atoms with Gasteiger partial charge in [-0.1, -0.05) is 5.21 Å². The van der Waals surface area contributed by atoms with Crippen LogP contribution in [0.15, 0.2) is 12.1 Å². The van der Waals surface area contributed by atoms with Crippen LogP contribution in [0.4, 0.5) is 11.4 Å². The summed E-state index contributed by atoms with van der Waals surface area (Å²) in [7, 11) is 0. The number of hydrogen-bond acceptors (Lipinski definition) is 4. The first kappa shape index (κ1) is 12.0. The van der Waals surface area contributed by atoms with Gasteiger partial charge in [-0.25, -0.2) is 4.68 Å². The lowest BCUT2D eigenvalue weighted by atomic mass is 10.1. The SMILES string of the molecule is CC(C)n1nnc2c(N3CCC4(CC4)C3)c(N)ccc21. The molecule has 1 aromatic heterocycles. The van der Waals surface area contributed by atoms with Crippen molar-refractivity contribution >= 4 is 22.4 Å². The minimum atomic E-state index is 0.310. The minimum Gasteiger partial charge on any atom is -0.397 e. The Bertz CT molecular complexity index is 668. The molecule has 2 N–H and O–H groups in total. The van der Waals surface area contributed by atoms with Gasteiger partial charge in [-0.2, -0.15) is 0 Å². The highest BCUT2D eigenvalue weighted by Crippen LogP contribution is 2.54. The quantitative estimate of drug-likeness (QED) is 0.853. The molecular weight excluding hydrogens is 250 g/mol. The molecule has 0 bridgehead atoms. The Morgan fingerprint density at radius 1 is 1.25 bits per heavy atom. The molecule has 20 heavy (non-hydrogen) atoms. The molecule has 5 nitrogen and oxygen atoms in total. The van der Waals surface area contributed by atoms with Crippen LogP contribution >= 0.6 is 0 Å². The smallest absolute Gasteiger partial charge is 0.138 e. The van der Waals surface area contributed by atoms with E-state index in [1.54, 1.807) is 0 Å². The molecule has 5 heteroatoms. The molecule has 2 fully saturated rings. The van der Waals surface area contributed by atoms with Crippen LogP contribution < -0.4 is 10.6 Å². The summed E-state index contributed by atoms with van der Waals surface area (Å²) in [6.45, 7) is 6.47. The summed E-state index contributed by atoms with van der Waals surface area (Å²) < 4.78 is 1.97. The van der Waals surface area contributed by atoms with Crippen molar-refractivity contribution in [1.82, 2.24) is 15.0 Å². The van der Waals surface area contributed by atoms with E-state index in [9.17, 15) is 0 Å². The fourth-order valence-corrected chi connectivity index (χ4v) is 3.43. The van der Waals surface area contributed by atoms with E-state index in [-0.39, 0.29) is 0 Å². The maximum absolute atomic E-state index is 6.24. The van der Waals surface area contributed by atoms with Crippen LogP contribution in [0, 0.1) is 5.41 Å². The van der Waals surface area contributed by atoms with E-state index in [1.165, 1.54) is 19.3 Å². The summed E-state index contributed by atoms with van der Waals surface area (Å²) in [6, 6.07) is 4.35. The highest BCUT2D eigenvalue weighted by atomic mass is 15.4. The summed E-state index contributed by atoms with van der Waals surface area (Å²) in [5, 5.41) is 8.71. The van der Waals surface area contributed by atoms with Crippen LogP contribution in [-0.4, -0.2) is 28.1 Å². The van der Waals surface area contributed by atoms with Crippen molar-refractivity contribution in [2.75, 3.05) is 23.7 Å². The summed E-state index contributed by atoms with van der Waals surface area (Å²) in [5.74, 6) is 0. The molecule has 0 amide bonds. The van der Waals surface area contributed by atoms with Crippen LogP contribution in [0.25, 0.3) is 11.0 Å². The Kier molecular flexibility index (Phi) is 2.32. The predicted octanol–water partition coefficient (Wildman–Crippen LogP) is 2.58. The van der Waals surface area contributed by atoms with Crippen LogP contribution in [-0.2, 0) is 0 Å². The lowest BCUT2D eigenvalue weighted by molar-refractivity contribution is 0.530. The molecule has 1 spiro atoms. The zero-order valence-electron chi connectivity index (χ0n) is 12.1. The summed E-state index contributed by atoms with van der Waals surface area (Å²) in [5.41, 5.74) is 10.8. The van der Waals surface area contributed by atoms with Gasteiger partial charge < -0.3 is 10.6 Å².